The van der Waals surface area contributed by atoms with Crippen LogP contribution in [-0.2, 0) is 14.9 Å². The van der Waals surface area contributed by atoms with Crippen molar-refractivity contribution in [1.29, 1.82) is 0 Å². The largest absolute Gasteiger partial charge is 0.379 e. The van der Waals surface area contributed by atoms with Crippen molar-refractivity contribution >= 4 is 61.8 Å². The van der Waals surface area contributed by atoms with Gasteiger partial charge in [0.1, 0.15) is 10.6 Å². The third kappa shape index (κ3) is 4.86. The standard InChI is InChI=1S/C23H16N2O6S3/c1-15-7-12-19(14-20(15)25(27)28)34(29,30)31-18-10-8-16(9-11-18)13-21-22(26)24(23(32)33-21)17-5-3-2-4-6-17/h2-14H,1H3/b21-13-. The summed E-state index contributed by atoms with van der Waals surface area (Å²) >= 11 is 6.53. The number of hydrogen-bond donors (Lipinski definition) is 0. The number of benzene rings is 3. The number of hydrogen-bond acceptors (Lipinski definition) is 8. The van der Waals surface area contributed by atoms with Gasteiger partial charge in [0, 0.05) is 11.6 Å². The quantitative estimate of drug-likeness (QED) is 0.148. The van der Waals surface area contributed by atoms with Gasteiger partial charge < -0.3 is 4.18 Å². The van der Waals surface area contributed by atoms with E-state index in [-0.39, 0.29) is 22.2 Å². The molecule has 1 aliphatic heterocycles. The van der Waals surface area contributed by atoms with Gasteiger partial charge in [-0.1, -0.05) is 60.4 Å². The molecule has 3 aromatic carbocycles. The average Bonchev–Trinajstić information content (AvgIpc) is 3.08. The highest BCUT2D eigenvalue weighted by Gasteiger charge is 2.33. The van der Waals surface area contributed by atoms with E-state index in [1.807, 2.05) is 18.2 Å². The van der Waals surface area contributed by atoms with Crippen LogP contribution in [0.15, 0.2) is 82.6 Å². The van der Waals surface area contributed by atoms with Crippen molar-refractivity contribution in [3.05, 3.63) is 98.9 Å². The van der Waals surface area contributed by atoms with E-state index in [9.17, 15) is 23.3 Å². The molecule has 8 nitrogen and oxygen atoms in total. The molecule has 1 saturated heterocycles. The summed E-state index contributed by atoms with van der Waals surface area (Å²) in [5, 5.41) is 11.1. The Morgan fingerprint density at radius 1 is 1.06 bits per heavy atom. The van der Waals surface area contributed by atoms with Crippen molar-refractivity contribution in [1.82, 2.24) is 0 Å². The summed E-state index contributed by atoms with van der Waals surface area (Å²) in [5.41, 5.74) is 1.35. The number of thioether (sulfide) groups is 1. The van der Waals surface area contributed by atoms with E-state index in [2.05, 4.69) is 0 Å². The fraction of sp³-hybridized carbons (Fsp3) is 0.0435. The maximum Gasteiger partial charge on any atom is 0.339 e. The summed E-state index contributed by atoms with van der Waals surface area (Å²) in [7, 11) is -4.28. The predicted molar refractivity (Wildman–Crippen MR) is 134 cm³/mol. The number of nitro groups is 1. The summed E-state index contributed by atoms with van der Waals surface area (Å²) in [4.78, 5) is 24.9. The second-order valence-corrected chi connectivity index (χ2v) is 10.4. The number of carbonyl (C=O) groups is 1. The molecule has 1 amide bonds. The van der Waals surface area contributed by atoms with Gasteiger partial charge in [0.2, 0.25) is 0 Å². The molecular formula is C23H16N2O6S3. The number of nitro benzene ring substituents is 1. The molecule has 0 aliphatic carbocycles. The Kier molecular flexibility index (Phi) is 6.51. The molecule has 0 bridgehead atoms. The Hall–Kier alpha value is -3.54. The van der Waals surface area contributed by atoms with Gasteiger partial charge in [0.05, 0.1) is 15.5 Å². The van der Waals surface area contributed by atoms with Crippen LogP contribution >= 0.6 is 24.0 Å². The Morgan fingerprint density at radius 3 is 2.38 bits per heavy atom. The van der Waals surface area contributed by atoms with Gasteiger partial charge in [-0.15, -0.1) is 0 Å². The van der Waals surface area contributed by atoms with Gasteiger partial charge in [-0.2, -0.15) is 8.42 Å². The molecule has 4 rings (SSSR count). The highest BCUT2D eigenvalue weighted by atomic mass is 32.2. The van der Waals surface area contributed by atoms with Crippen LogP contribution in [0.1, 0.15) is 11.1 Å². The van der Waals surface area contributed by atoms with Crippen LogP contribution in [0.3, 0.4) is 0 Å². The lowest BCUT2D eigenvalue weighted by Gasteiger charge is -2.13. The second-order valence-electron chi connectivity index (χ2n) is 7.16. The van der Waals surface area contributed by atoms with Crippen molar-refractivity contribution < 1.29 is 22.3 Å². The molecule has 0 saturated carbocycles. The lowest BCUT2D eigenvalue weighted by molar-refractivity contribution is -0.385. The van der Waals surface area contributed by atoms with Crippen LogP contribution in [0.4, 0.5) is 11.4 Å². The average molecular weight is 513 g/mol. The van der Waals surface area contributed by atoms with E-state index in [4.69, 9.17) is 16.4 Å². The molecule has 0 spiro atoms. The molecular weight excluding hydrogens is 496 g/mol. The summed E-state index contributed by atoms with van der Waals surface area (Å²) in [6.07, 6.45) is 1.66. The minimum absolute atomic E-state index is 0.0252. The van der Waals surface area contributed by atoms with E-state index >= 15 is 0 Å². The first-order valence-electron chi connectivity index (χ1n) is 9.78. The van der Waals surface area contributed by atoms with E-state index in [0.29, 0.717) is 26.0 Å². The zero-order valence-electron chi connectivity index (χ0n) is 17.6. The summed E-state index contributed by atoms with van der Waals surface area (Å²) in [5.74, 6) is -0.220. The first-order chi connectivity index (χ1) is 16.2. The van der Waals surface area contributed by atoms with Crippen LogP contribution < -0.4 is 9.08 Å². The summed E-state index contributed by atoms with van der Waals surface area (Å²) in [6.45, 7) is 1.52. The van der Waals surface area contributed by atoms with Gasteiger partial charge in [-0.3, -0.25) is 19.8 Å². The number of carbonyl (C=O) groups excluding carboxylic acids is 1. The molecule has 172 valence electrons. The van der Waals surface area contributed by atoms with Gasteiger partial charge in [0.15, 0.2) is 4.32 Å². The number of amides is 1. The summed E-state index contributed by atoms with van der Waals surface area (Å²) < 4.78 is 30.7. The highest BCUT2D eigenvalue weighted by Crippen LogP contribution is 2.36. The van der Waals surface area contributed by atoms with Crippen LogP contribution in [0.2, 0.25) is 0 Å². The van der Waals surface area contributed by atoms with E-state index in [1.165, 1.54) is 47.9 Å². The van der Waals surface area contributed by atoms with E-state index in [0.717, 1.165) is 6.07 Å². The Bertz CT molecular complexity index is 1440. The van der Waals surface area contributed by atoms with Crippen molar-refractivity contribution in [2.45, 2.75) is 11.8 Å². The predicted octanol–water partition coefficient (Wildman–Crippen LogP) is 5.08. The maximum atomic E-state index is 12.8. The van der Waals surface area contributed by atoms with Crippen molar-refractivity contribution in [2.75, 3.05) is 4.90 Å². The zero-order chi connectivity index (χ0) is 24.5. The van der Waals surface area contributed by atoms with Gasteiger partial charge in [0.25, 0.3) is 11.6 Å². The lowest BCUT2D eigenvalue weighted by Crippen LogP contribution is -2.27. The number of para-hydroxylation sites is 1. The molecule has 1 heterocycles. The second kappa shape index (κ2) is 9.37. The fourth-order valence-electron chi connectivity index (χ4n) is 3.15. The third-order valence-corrected chi connectivity index (χ3v) is 7.40. The Labute approximate surface area is 205 Å². The molecule has 0 N–H and O–H groups in total. The van der Waals surface area contributed by atoms with Crippen LogP contribution in [0.5, 0.6) is 5.75 Å². The smallest absolute Gasteiger partial charge is 0.339 e. The molecule has 11 heteroatoms. The molecule has 1 aliphatic rings. The highest BCUT2D eigenvalue weighted by molar-refractivity contribution is 8.27. The lowest BCUT2D eigenvalue weighted by atomic mass is 10.2. The van der Waals surface area contributed by atoms with Crippen molar-refractivity contribution in [3.8, 4) is 5.75 Å². The van der Waals surface area contributed by atoms with Crippen molar-refractivity contribution in [3.63, 3.8) is 0 Å². The molecule has 3 aromatic rings. The Balaban J connectivity index is 1.52. The third-order valence-electron chi connectivity index (χ3n) is 4.86. The van der Waals surface area contributed by atoms with Crippen molar-refractivity contribution in [2.24, 2.45) is 0 Å². The summed E-state index contributed by atoms with van der Waals surface area (Å²) in [6, 6.07) is 18.7. The molecule has 0 atom stereocenters. The number of thiocarbonyl (C=S) groups is 1. The number of anilines is 1. The molecule has 0 aromatic heterocycles. The van der Waals surface area contributed by atoms with Crippen LogP contribution in [0.25, 0.3) is 6.08 Å². The minimum Gasteiger partial charge on any atom is -0.379 e. The molecule has 0 unspecified atom stereocenters. The number of rotatable bonds is 6. The maximum absolute atomic E-state index is 12.8. The van der Waals surface area contributed by atoms with Gasteiger partial charge in [-0.25, -0.2) is 0 Å². The number of aryl methyl sites for hydroxylation is 1. The SMILES string of the molecule is Cc1ccc(S(=O)(=O)Oc2ccc(/C=C3\SC(=S)N(c4ccccc4)C3=O)cc2)cc1[N+](=O)[O-]. The first kappa shape index (κ1) is 23.6. The van der Waals surface area contributed by atoms with Crippen LogP contribution in [-0.4, -0.2) is 23.6 Å². The molecule has 0 radical (unpaired) electrons. The number of nitrogens with zero attached hydrogens (tertiary/aromatic N) is 2. The Morgan fingerprint density at radius 2 is 1.74 bits per heavy atom. The molecule has 1 fully saturated rings. The normalized spacial score (nSPS) is 15.1. The van der Waals surface area contributed by atoms with E-state index < -0.39 is 15.0 Å². The molecule has 34 heavy (non-hydrogen) atoms. The van der Waals surface area contributed by atoms with E-state index in [1.54, 1.807) is 30.3 Å². The fourth-order valence-corrected chi connectivity index (χ4v) is 5.40. The topological polar surface area (TPSA) is 107 Å². The zero-order valence-corrected chi connectivity index (χ0v) is 20.0. The first-order valence-corrected chi connectivity index (χ1v) is 12.4. The minimum atomic E-state index is -4.28. The monoisotopic (exact) mass is 512 g/mol. The van der Waals surface area contributed by atoms with Crippen LogP contribution in [0, 0.1) is 17.0 Å². The van der Waals surface area contributed by atoms with Gasteiger partial charge >= 0.3 is 10.1 Å². The van der Waals surface area contributed by atoms with Gasteiger partial charge in [-0.05, 0) is 48.9 Å².